The summed E-state index contributed by atoms with van der Waals surface area (Å²) in [7, 11) is 0. The molecule has 29 heavy (non-hydrogen) atoms. The van der Waals surface area contributed by atoms with E-state index in [0.29, 0.717) is 18.5 Å². The third kappa shape index (κ3) is 3.08. The Kier molecular flexibility index (Phi) is 5.04. The second-order valence-electron chi connectivity index (χ2n) is 6.86. The highest BCUT2D eigenvalue weighted by atomic mass is 32.2. The van der Waals surface area contributed by atoms with Gasteiger partial charge in [-0.1, -0.05) is 23.9 Å². The Labute approximate surface area is 169 Å². The van der Waals surface area contributed by atoms with Gasteiger partial charge in [0.1, 0.15) is 16.7 Å². The number of nitrogens with zero attached hydrogens (tertiary/aromatic N) is 2. The molecule has 152 valence electrons. The van der Waals surface area contributed by atoms with Crippen LogP contribution in [0.1, 0.15) is 24.5 Å². The molecular formula is C20H18F3N3O2S. The van der Waals surface area contributed by atoms with Crippen LogP contribution in [-0.2, 0) is 9.67 Å². The lowest BCUT2D eigenvalue weighted by atomic mass is 9.86. The molecule has 0 bridgehead atoms. The number of carbonyl (C=O) groups excluding carboxylic acids is 1. The normalized spacial score (nSPS) is 23.0. The number of carbonyl (C=O) groups is 1. The monoisotopic (exact) mass is 421 g/mol. The van der Waals surface area contributed by atoms with Gasteiger partial charge in [-0.05, 0) is 37.2 Å². The highest BCUT2D eigenvalue weighted by Crippen LogP contribution is 2.57. The Bertz CT molecular complexity index is 1020. The Morgan fingerprint density at radius 3 is 2.83 bits per heavy atom. The lowest BCUT2D eigenvalue weighted by Gasteiger charge is -2.45. The van der Waals surface area contributed by atoms with Crippen LogP contribution in [0.3, 0.4) is 0 Å². The minimum atomic E-state index is -1.17. The molecule has 2 N–H and O–H groups in total. The molecule has 0 saturated heterocycles. The number of fused-ring (bicyclic) bond motifs is 2. The van der Waals surface area contributed by atoms with E-state index in [0.717, 1.165) is 30.0 Å². The molecule has 1 spiro atoms. The molecule has 0 saturated carbocycles. The maximum Gasteiger partial charge on any atom is 0.241 e. The number of nitrogens with two attached hydrogens (primary N) is 1. The third-order valence-electron chi connectivity index (χ3n) is 5.07. The molecule has 0 radical (unpaired) electrons. The smallest absolute Gasteiger partial charge is 0.241 e. The summed E-state index contributed by atoms with van der Waals surface area (Å²) in [6.07, 6.45) is 0.459. The number of rotatable bonds is 3. The molecule has 9 heteroatoms. The Morgan fingerprint density at radius 2 is 2.10 bits per heavy atom. The van der Waals surface area contributed by atoms with Gasteiger partial charge in [-0.15, -0.1) is 0 Å². The molecule has 2 aliphatic rings. The highest BCUT2D eigenvalue weighted by molar-refractivity contribution is 8.15. The predicted octanol–water partition coefficient (Wildman–Crippen LogP) is 3.57. The maximum atomic E-state index is 14.5. The molecular weight excluding hydrogens is 403 g/mol. The van der Waals surface area contributed by atoms with Crippen molar-refractivity contribution in [3.05, 3.63) is 65.0 Å². The summed E-state index contributed by atoms with van der Waals surface area (Å²) in [5.74, 6) is -2.59. The number of amides is 1. The summed E-state index contributed by atoms with van der Waals surface area (Å²) >= 11 is 1.09. The van der Waals surface area contributed by atoms with Gasteiger partial charge in [0.15, 0.2) is 16.4 Å². The van der Waals surface area contributed by atoms with Crippen molar-refractivity contribution in [3.8, 4) is 5.75 Å². The number of hydrogen-bond acceptors (Lipinski definition) is 5. The zero-order valence-electron chi connectivity index (χ0n) is 15.5. The topological polar surface area (TPSA) is 67.9 Å². The standard InChI is InChI=1S/C20H18F3N3O2S/c1-11(27)26-20(29-19(25-26)14-9-13(21)5-6-16(14)22)12(7-8-24)10-28-18-15(20)3-2-4-17(18)23/h2-6,9,12H,7-8,10,24H2,1H3/t12-,20+/m1/s1. The van der Waals surface area contributed by atoms with E-state index >= 15 is 0 Å². The first kappa shape index (κ1) is 19.8. The second kappa shape index (κ2) is 7.38. The first-order chi connectivity index (χ1) is 13.9. The zero-order chi connectivity index (χ0) is 20.8. The van der Waals surface area contributed by atoms with E-state index in [1.807, 2.05) is 0 Å². The second-order valence-corrected chi connectivity index (χ2v) is 8.07. The lowest BCUT2D eigenvalue weighted by molar-refractivity contribution is -0.134. The summed E-state index contributed by atoms with van der Waals surface area (Å²) in [5, 5.41) is 5.69. The van der Waals surface area contributed by atoms with Gasteiger partial charge < -0.3 is 10.5 Å². The van der Waals surface area contributed by atoms with Crippen LogP contribution in [0.4, 0.5) is 13.2 Å². The average Bonchev–Trinajstić information content (AvgIpc) is 3.08. The van der Waals surface area contributed by atoms with Crippen molar-refractivity contribution in [1.82, 2.24) is 5.01 Å². The third-order valence-corrected chi connectivity index (χ3v) is 6.60. The van der Waals surface area contributed by atoms with E-state index in [9.17, 15) is 18.0 Å². The number of hydrogen-bond donors (Lipinski definition) is 1. The van der Waals surface area contributed by atoms with Crippen LogP contribution in [0.5, 0.6) is 5.75 Å². The van der Waals surface area contributed by atoms with Crippen LogP contribution in [0, 0.1) is 23.4 Å². The van der Waals surface area contributed by atoms with Crippen LogP contribution in [0.25, 0.3) is 0 Å². The average molecular weight is 421 g/mol. The number of para-hydroxylation sites is 1. The van der Waals surface area contributed by atoms with Gasteiger partial charge >= 0.3 is 0 Å². The van der Waals surface area contributed by atoms with E-state index in [1.54, 1.807) is 6.07 Å². The van der Waals surface area contributed by atoms with Crippen molar-refractivity contribution in [3.63, 3.8) is 0 Å². The predicted molar refractivity (Wildman–Crippen MR) is 104 cm³/mol. The fourth-order valence-corrected chi connectivity index (χ4v) is 5.37. The Balaban J connectivity index is 1.92. The fourth-order valence-electron chi connectivity index (χ4n) is 3.81. The van der Waals surface area contributed by atoms with Crippen LogP contribution >= 0.6 is 11.8 Å². The minimum Gasteiger partial charge on any atom is -0.490 e. The van der Waals surface area contributed by atoms with E-state index in [2.05, 4.69) is 5.10 Å². The molecule has 2 atom stereocenters. The molecule has 0 fully saturated rings. The fraction of sp³-hybridized carbons (Fsp3) is 0.300. The number of thioether (sulfide) groups is 1. The first-order valence-corrected chi connectivity index (χ1v) is 9.85. The molecule has 5 nitrogen and oxygen atoms in total. The number of benzene rings is 2. The summed E-state index contributed by atoms with van der Waals surface area (Å²) in [5.41, 5.74) is 6.14. The van der Waals surface area contributed by atoms with Gasteiger partial charge in [-0.25, -0.2) is 18.2 Å². The van der Waals surface area contributed by atoms with Crippen LogP contribution in [0.2, 0.25) is 0 Å². The number of halogens is 3. The van der Waals surface area contributed by atoms with Gasteiger partial charge in [0.2, 0.25) is 5.91 Å². The number of ether oxygens (including phenoxy) is 1. The summed E-state index contributed by atoms with van der Waals surface area (Å²) < 4.78 is 48.4. The van der Waals surface area contributed by atoms with Crippen molar-refractivity contribution in [1.29, 1.82) is 0 Å². The van der Waals surface area contributed by atoms with Crippen molar-refractivity contribution >= 4 is 22.7 Å². The molecule has 0 unspecified atom stereocenters. The van der Waals surface area contributed by atoms with E-state index < -0.39 is 28.2 Å². The lowest BCUT2D eigenvalue weighted by Crippen LogP contribution is -2.51. The Hall–Kier alpha value is -2.52. The van der Waals surface area contributed by atoms with Gasteiger partial charge in [0.25, 0.3) is 0 Å². The highest BCUT2D eigenvalue weighted by Gasteiger charge is 2.56. The van der Waals surface area contributed by atoms with E-state index in [4.69, 9.17) is 10.5 Å². The van der Waals surface area contributed by atoms with Crippen molar-refractivity contribution < 1.29 is 22.7 Å². The van der Waals surface area contributed by atoms with Crippen LogP contribution in [-0.4, -0.2) is 29.1 Å². The van der Waals surface area contributed by atoms with Crippen LogP contribution < -0.4 is 10.5 Å². The molecule has 4 rings (SSSR count). The first-order valence-electron chi connectivity index (χ1n) is 9.04. The van der Waals surface area contributed by atoms with Crippen molar-refractivity contribution in [2.45, 2.75) is 18.2 Å². The minimum absolute atomic E-state index is 0.0238. The van der Waals surface area contributed by atoms with E-state index in [1.165, 1.54) is 24.1 Å². The summed E-state index contributed by atoms with van der Waals surface area (Å²) in [6, 6.07) is 7.48. The maximum absolute atomic E-state index is 14.5. The molecule has 1 amide bonds. The van der Waals surface area contributed by atoms with E-state index in [-0.39, 0.29) is 28.9 Å². The van der Waals surface area contributed by atoms with Gasteiger partial charge in [0.05, 0.1) is 6.61 Å². The molecule has 2 aromatic rings. The SMILES string of the molecule is CC(=O)N1N=C(c2cc(F)ccc2F)S[C@@]12c1cccc(F)c1OC[C@H]2CCN. The molecule has 2 aromatic carbocycles. The van der Waals surface area contributed by atoms with Crippen LogP contribution in [0.15, 0.2) is 41.5 Å². The molecule has 0 aliphatic carbocycles. The van der Waals surface area contributed by atoms with Gasteiger partial charge in [0, 0.05) is 24.0 Å². The number of hydrazone groups is 1. The van der Waals surface area contributed by atoms with Crippen molar-refractivity contribution in [2.75, 3.05) is 13.2 Å². The molecule has 2 heterocycles. The quantitative estimate of drug-likeness (QED) is 0.823. The molecule has 2 aliphatic heterocycles. The van der Waals surface area contributed by atoms with Crippen molar-refractivity contribution in [2.24, 2.45) is 16.8 Å². The summed E-state index contributed by atoms with van der Waals surface area (Å²) in [6.45, 7) is 1.73. The zero-order valence-corrected chi connectivity index (χ0v) is 16.3. The summed E-state index contributed by atoms with van der Waals surface area (Å²) in [4.78, 5) is 11.4. The van der Waals surface area contributed by atoms with Gasteiger partial charge in [-0.3, -0.25) is 4.79 Å². The molecule has 0 aromatic heterocycles. The Morgan fingerprint density at radius 1 is 1.31 bits per heavy atom. The van der Waals surface area contributed by atoms with Gasteiger partial charge in [-0.2, -0.15) is 5.10 Å². The largest absolute Gasteiger partial charge is 0.490 e.